The molecule has 4 heteroatoms. The van der Waals surface area contributed by atoms with E-state index in [1.807, 2.05) is 32.9 Å². The van der Waals surface area contributed by atoms with Gasteiger partial charge in [0.15, 0.2) is 0 Å². The van der Waals surface area contributed by atoms with Crippen LogP contribution in [0.5, 0.6) is 5.75 Å². The van der Waals surface area contributed by atoms with E-state index in [2.05, 4.69) is 41.0 Å². The molecule has 33 heavy (non-hydrogen) atoms. The van der Waals surface area contributed by atoms with E-state index >= 15 is 0 Å². The van der Waals surface area contributed by atoms with Gasteiger partial charge in [-0.3, -0.25) is 0 Å². The fraction of sp³-hybridized carbons (Fsp3) is 0.414. The van der Waals surface area contributed by atoms with Crippen molar-refractivity contribution in [3.8, 4) is 17.0 Å². The molecule has 3 aromatic rings. The number of methoxy groups -OCH3 is 1. The van der Waals surface area contributed by atoms with Gasteiger partial charge in [-0.05, 0) is 81.0 Å². The van der Waals surface area contributed by atoms with Gasteiger partial charge in [0.25, 0.3) is 0 Å². The van der Waals surface area contributed by atoms with Crippen LogP contribution in [0.25, 0.3) is 28.2 Å². The smallest absolute Gasteiger partial charge is 0.338 e. The van der Waals surface area contributed by atoms with Gasteiger partial charge < -0.3 is 14.0 Å². The van der Waals surface area contributed by atoms with Crippen molar-refractivity contribution >= 4 is 22.9 Å². The first-order valence-corrected chi connectivity index (χ1v) is 12.1. The van der Waals surface area contributed by atoms with E-state index < -0.39 is 5.60 Å². The van der Waals surface area contributed by atoms with E-state index in [1.54, 1.807) is 7.11 Å². The van der Waals surface area contributed by atoms with Crippen molar-refractivity contribution in [1.82, 2.24) is 4.57 Å². The van der Waals surface area contributed by atoms with Crippen LogP contribution < -0.4 is 4.74 Å². The van der Waals surface area contributed by atoms with Crippen molar-refractivity contribution in [2.24, 2.45) is 0 Å². The first-order chi connectivity index (χ1) is 15.9. The van der Waals surface area contributed by atoms with Crippen molar-refractivity contribution in [1.29, 1.82) is 0 Å². The van der Waals surface area contributed by atoms with Crippen LogP contribution in [0.4, 0.5) is 0 Å². The van der Waals surface area contributed by atoms with Crippen LogP contribution in [0.1, 0.15) is 80.3 Å². The average molecular weight is 444 g/mol. The fourth-order valence-electron chi connectivity index (χ4n) is 5.43. The molecule has 0 amide bonds. The summed E-state index contributed by atoms with van der Waals surface area (Å²) in [5, 5.41) is 1.27. The molecule has 4 nitrogen and oxygen atoms in total. The zero-order valence-electron chi connectivity index (χ0n) is 20.1. The predicted octanol–water partition coefficient (Wildman–Crippen LogP) is 7.35. The van der Waals surface area contributed by atoms with E-state index in [9.17, 15) is 4.79 Å². The van der Waals surface area contributed by atoms with Gasteiger partial charge in [-0.15, -0.1) is 0 Å². The van der Waals surface area contributed by atoms with Crippen molar-refractivity contribution in [3.05, 3.63) is 59.2 Å². The molecular weight excluding hydrogens is 410 g/mol. The van der Waals surface area contributed by atoms with Gasteiger partial charge in [0.2, 0.25) is 0 Å². The van der Waals surface area contributed by atoms with Crippen LogP contribution in [0.15, 0.2) is 42.5 Å². The highest BCUT2D eigenvalue weighted by atomic mass is 16.6. The van der Waals surface area contributed by atoms with Gasteiger partial charge in [-0.25, -0.2) is 4.79 Å². The molecule has 1 aromatic heterocycles. The zero-order valence-corrected chi connectivity index (χ0v) is 20.1. The number of allylic oxidation sites excluding steroid dienone is 1. The van der Waals surface area contributed by atoms with Crippen LogP contribution in [0.3, 0.4) is 0 Å². The Morgan fingerprint density at radius 1 is 1.03 bits per heavy atom. The Hall–Kier alpha value is -3.01. The predicted molar refractivity (Wildman–Crippen MR) is 134 cm³/mol. The molecule has 172 valence electrons. The van der Waals surface area contributed by atoms with E-state index in [0.717, 1.165) is 17.8 Å². The molecule has 1 aliphatic carbocycles. The van der Waals surface area contributed by atoms with Gasteiger partial charge in [-0.2, -0.15) is 0 Å². The number of ether oxygens (including phenoxy) is 2. The number of benzene rings is 2. The van der Waals surface area contributed by atoms with Crippen LogP contribution in [0, 0.1) is 0 Å². The first-order valence-electron chi connectivity index (χ1n) is 12.1. The first kappa shape index (κ1) is 21.8. The number of carbonyl (C=O) groups is 1. The normalized spacial score (nSPS) is 16.2. The van der Waals surface area contributed by atoms with Gasteiger partial charge in [-0.1, -0.05) is 37.5 Å². The summed E-state index contributed by atoms with van der Waals surface area (Å²) >= 11 is 0. The fourth-order valence-corrected chi connectivity index (χ4v) is 5.43. The standard InChI is InChI=1S/C29H33NO3/c1-29(2,3)33-28(31)21-12-14-24-25(18-21)30-16-8-11-20-17-22(32-4)13-15-23(20)27(30)26(24)19-9-6-5-7-10-19/h8,11-15,17-19H,5-7,9-10,16H2,1-4H3. The minimum Gasteiger partial charge on any atom is -0.497 e. The Bertz CT molecular complexity index is 1240. The number of nitrogens with zero attached hydrogens (tertiary/aromatic N) is 1. The SMILES string of the molecule is COc1ccc2c(c1)C=CCn1c-2c(C2CCCCC2)c2ccc(C(=O)OC(C)(C)C)cc21. The molecule has 0 N–H and O–H groups in total. The van der Waals surface area contributed by atoms with Gasteiger partial charge in [0.05, 0.1) is 18.4 Å². The Labute approximate surface area is 196 Å². The van der Waals surface area contributed by atoms with Crippen molar-refractivity contribution in [2.45, 2.75) is 70.9 Å². The van der Waals surface area contributed by atoms with E-state index in [1.165, 1.54) is 59.9 Å². The summed E-state index contributed by atoms with van der Waals surface area (Å²) in [4.78, 5) is 12.9. The molecule has 5 rings (SSSR count). The summed E-state index contributed by atoms with van der Waals surface area (Å²) in [6.45, 7) is 6.49. The third-order valence-electron chi connectivity index (χ3n) is 6.85. The lowest BCUT2D eigenvalue weighted by Gasteiger charge is -2.24. The molecule has 1 fully saturated rings. The molecule has 0 unspecified atom stereocenters. The number of hydrogen-bond acceptors (Lipinski definition) is 3. The van der Waals surface area contributed by atoms with E-state index in [0.29, 0.717) is 11.5 Å². The van der Waals surface area contributed by atoms with Gasteiger partial charge >= 0.3 is 5.97 Å². The van der Waals surface area contributed by atoms with Gasteiger partial charge in [0, 0.05) is 23.0 Å². The highest BCUT2D eigenvalue weighted by Crippen LogP contribution is 2.46. The summed E-state index contributed by atoms with van der Waals surface area (Å²) in [7, 11) is 1.71. The third kappa shape index (κ3) is 4.07. The lowest BCUT2D eigenvalue weighted by Crippen LogP contribution is -2.23. The minimum atomic E-state index is -0.518. The Morgan fingerprint density at radius 3 is 2.55 bits per heavy atom. The average Bonchev–Trinajstić information content (AvgIpc) is 2.99. The molecule has 0 saturated heterocycles. The molecule has 2 aliphatic rings. The molecule has 0 radical (unpaired) electrons. The number of rotatable bonds is 3. The van der Waals surface area contributed by atoms with Crippen molar-refractivity contribution in [3.63, 3.8) is 0 Å². The molecule has 0 atom stereocenters. The van der Waals surface area contributed by atoms with E-state index in [4.69, 9.17) is 9.47 Å². The number of carbonyl (C=O) groups excluding carboxylic acids is 1. The lowest BCUT2D eigenvalue weighted by molar-refractivity contribution is 0.00696. The van der Waals surface area contributed by atoms with Crippen LogP contribution in [0.2, 0.25) is 0 Å². The molecule has 0 bridgehead atoms. The Morgan fingerprint density at radius 2 is 1.82 bits per heavy atom. The summed E-state index contributed by atoms with van der Waals surface area (Å²) in [6.07, 6.45) is 10.7. The summed E-state index contributed by atoms with van der Waals surface area (Å²) in [6, 6.07) is 12.5. The second kappa shape index (κ2) is 8.40. The Balaban J connectivity index is 1.73. The van der Waals surface area contributed by atoms with Crippen molar-refractivity contribution in [2.75, 3.05) is 7.11 Å². The second-order valence-electron chi connectivity index (χ2n) is 10.3. The molecule has 1 saturated carbocycles. The number of hydrogen-bond donors (Lipinski definition) is 0. The van der Waals surface area contributed by atoms with Crippen molar-refractivity contribution < 1.29 is 14.3 Å². The highest BCUT2D eigenvalue weighted by molar-refractivity contribution is 6.00. The van der Waals surface area contributed by atoms with Crippen LogP contribution >= 0.6 is 0 Å². The number of fused-ring (bicyclic) bond motifs is 5. The van der Waals surface area contributed by atoms with E-state index in [-0.39, 0.29) is 5.97 Å². The zero-order chi connectivity index (χ0) is 23.2. The largest absolute Gasteiger partial charge is 0.497 e. The summed E-state index contributed by atoms with van der Waals surface area (Å²) in [5.74, 6) is 1.14. The lowest BCUT2D eigenvalue weighted by atomic mass is 9.81. The number of aromatic nitrogens is 1. The monoisotopic (exact) mass is 443 g/mol. The maximum absolute atomic E-state index is 12.9. The van der Waals surface area contributed by atoms with Crippen LogP contribution in [-0.2, 0) is 11.3 Å². The quantitative estimate of drug-likeness (QED) is 0.397. The molecular formula is C29H33NO3. The molecule has 0 spiro atoms. The topological polar surface area (TPSA) is 40.5 Å². The summed E-state index contributed by atoms with van der Waals surface area (Å²) < 4.78 is 13.6. The maximum Gasteiger partial charge on any atom is 0.338 e. The highest BCUT2D eigenvalue weighted by Gasteiger charge is 2.29. The summed E-state index contributed by atoms with van der Waals surface area (Å²) in [5.41, 5.74) is 6.35. The second-order valence-corrected chi connectivity index (χ2v) is 10.3. The minimum absolute atomic E-state index is 0.270. The van der Waals surface area contributed by atoms with Gasteiger partial charge in [0.1, 0.15) is 11.4 Å². The maximum atomic E-state index is 12.9. The molecule has 2 aromatic carbocycles. The molecule has 1 aliphatic heterocycles. The van der Waals surface area contributed by atoms with Crippen LogP contribution in [-0.4, -0.2) is 23.2 Å². The molecule has 2 heterocycles. The Kier molecular flexibility index (Phi) is 5.55. The third-order valence-corrected chi connectivity index (χ3v) is 6.85. The number of esters is 1.